The lowest BCUT2D eigenvalue weighted by Crippen LogP contribution is -2.51. The lowest BCUT2D eigenvalue weighted by molar-refractivity contribution is -0.125. The van der Waals surface area contributed by atoms with Gasteiger partial charge in [-0.2, -0.15) is 0 Å². The minimum absolute atomic E-state index is 0.000116. The van der Waals surface area contributed by atoms with E-state index >= 15 is 0 Å². The maximum Gasteiger partial charge on any atom is 0.243 e. The highest BCUT2D eigenvalue weighted by Crippen LogP contribution is 2.15. The lowest BCUT2D eigenvalue weighted by atomic mass is 9.92. The Balaban J connectivity index is 2.13. The highest BCUT2D eigenvalue weighted by atomic mass is 16.5. The molecular formula is C11H21N3O3. The van der Waals surface area contributed by atoms with Gasteiger partial charge in [-0.15, -0.1) is 0 Å². The standard InChI is InChI=1S/C11H21N3O3/c1-8-3-2-4-13-10(8)11(16)14-5-6-17-7-9(12)15/h8,10,13H,2-7H2,1H3,(H2,12,15)(H,14,16). The molecule has 6 heteroatoms. The van der Waals surface area contributed by atoms with E-state index in [9.17, 15) is 9.59 Å². The van der Waals surface area contributed by atoms with Crippen LogP contribution in [0.25, 0.3) is 0 Å². The quantitative estimate of drug-likeness (QED) is 0.521. The first-order valence-electron chi connectivity index (χ1n) is 5.98. The molecule has 0 radical (unpaired) electrons. The van der Waals surface area contributed by atoms with Crippen LogP contribution >= 0.6 is 0 Å². The molecule has 1 rings (SSSR count). The van der Waals surface area contributed by atoms with Gasteiger partial charge in [-0.25, -0.2) is 0 Å². The van der Waals surface area contributed by atoms with E-state index in [1.165, 1.54) is 0 Å². The van der Waals surface area contributed by atoms with E-state index in [1.54, 1.807) is 0 Å². The number of amides is 2. The Morgan fingerprint density at radius 1 is 1.53 bits per heavy atom. The van der Waals surface area contributed by atoms with Crippen LogP contribution in [0.1, 0.15) is 19.8 Å². The second-order valence-electron chi connectivity index (χ2n) is 4.36. The zero-order chi connectivity index (χ0) is 12.7. The number of piperidine rings is 1. The highest BCUT2D eigenvalue weighted by molar-refractivity contribution is 5.82. The Hall–Kier alpha value is -1.14. The van der Waals surface area contributed by atoms with Crippen molar-refractivity contribution >= 4 is 11.8 Å². The number of carbonyl (C=O) groups is 2. The van der Waals surface area contributed by atoms with Gasteiger partial charge in [0.25, 0.3) is 0 Å². The Kier molecular flexibility index (Phi) is 5.93. The molecule has 0 aromatic heterocycles. The SMILES string of the molecule is CC1CCCNC1C(=O)NCCOCC(N)=O. The Bertz CT molecular complexity index is 271. The molecule has 1 fully saturated rings. The van der Waals surface area contributed by atoms with E-state index in [0.717, 1.165) is 19.4 Å². The van der Waals surface area contributed by atoms with Crippen LogP contribution in [0.5, 0.6) is 0 Å². The maximum absolute atomic E-state index is 11.8. The van der Waals surface area contributed by atoms with Gasteiger partial charge >= 0.3 is 0 Å². The van der Waals surface area contributed by atoms with Gasteiger partial charge in [0.2, 0.25) is 11.8 Å². The molecule has 0 saturated carbocycles. The molecule has 2 amide bonds. The van der Waals surface area contributed by atoms with Crippen molar-refractivity contribution in [1.29, 1.82) is 0 Å². The third kappa shape index (κ3) is 5.14. The first kappa shape index (κ1) is 13.9. The number of rotatable bonds is 6. The normalized spacial score (nSPS) is 24.3. The molecule has 1 aliphatic heterocycles. The van der Waals surface area contributed by atoms with E-state index < -0.39 is 5.91 Å². The van der Waals surface area contributed by atoms with Crippen molar-refractivity contribution in [2.75, 3.05) is 26.3 Å². The summed E-state index contributed by atoms with van der Waals surface area (Å²) >= 11 is 0. The van der Waals surface area contributed by atoms with Crippen molar-refractivity contribution in [1.82, 2.24) is 10.6 Å². The largest absolute Gasteiger partial charge is 0.370 e. The van der Waals surface area contributed by atoms with E-state index in [0.29, 0.717) is 19.1 Å². The van der Waals surface area contributed by atoms with E-state index in [2.05, 4.69) is 17.6 Å². The molecule has 0 spiro atoms. The van der Waals surface area contributed by atoms with Gasteiger partial charge in [-0.3, -0.25) is 9.59 Å². The van der Waals surface area contributed by atoms with E-state index in [-0.39, 0.29) is 18.6 Å². The molecule has 0 aromatic carbocycles. The molecule has 0 aliphatic carbocycles. The first-order valence-corrected chi connectivity index (χ1v) is 5.98. The minimum atomic E-state index is -0.501. The van der Waals surface area contributed by atoms with Gasteiger partial charge in [0, 0.05) is 6.54 Å². The topological polar surface area (TPSA) is 93.4 Å². The van der Waals surface area contributed by atoms with Crippen LogP contribution in [-0.4, -0.2) is 44.2 Å². The van der Waals surface area contributed by atoms with Gasteiger partial charge in [0.1, 0.15) is 6.61 Å². The zero-order valence-corrected chi connectivity index (χ0v) is 10.2. The van der Waals surface area contributed by atoms with Crippen LogP contribution in [0.4, 0.5) is 0 Å². The molecule has 17 heavy (non-hydrogen) atoms. The monoisotopic (exact) mass is 243 g/mol. The van der Waals surface area contributed by atoms with Crippen molar-refractivity contribution in [3.63, 3.8) is 0 Å². The summed E-state index contributed by atoms with van der Waals surface area (Å²) in [5.74, 6) is -0.144. The second-order valence-corrected chi connectivity index (χ2v) is 4.36. The van der Waals surface area contributed by atoms with Crippen LogP contribution in [0.3, 0.4) is 0 Å². The second kappa shape index (κ2) is 7.24. The molecule has 1 aliphatic rings. The number of carbonyl (C=O) groups excluding carboxylic acids is 2. The van der Waals surface area contributed by atoms with Crippen molar-refractivity contribution in [2.24, 2.45) is 11.7 Å². The summed E-state index contributed by atoms with van der Waals surface area (Å²) in [6.07, 6.45) is 2.19. The molecule has 98 valence electrons. The van der Waals surface area contributed by atoms with Crippen LogP contribution in [0, 0.1) is 5.92 Å². The predicted molar refractivity (Wildman–Crippen MR) is 63.2 cm³/mol. The van der Waals surface area contributed by atoms with Crippen LogP contribution < -0.4 is 16.4 Å². The van der Waals surface area contributed by atoms with Crippen LogP contribution in [0.15, 0.2) is 0 Å². The van der Waals surface area contributed by atoms with E-state index in [4.69, 9.17) is 10.5 Å². The maximum atomic E-state index is 11.8. The average Bonchev–Trinajstić information content (AvgIpc) is 2.28. The van der Waals surface area contributed by atoms with Crippen LogP contribution in [-0.2, 0) is 14.3 Å². The van der Waals surface area contributed by atoms with Crippen molar-refractivity contribution in [2.45, 2.75) is 25.8 Å². The number of ether oxygens (including phenoxy) is 1. The van der Waals surface area contributed by atoms with Crippen molar-refractivity contribution in [3.8, 4) is 0 Å². The molecule has 2 atom stereocenters. The summed E-state index contributed by atoms with van der Waals surface area (Å²) in [7, 11) is 0. The van der Waals surface area contributed by atoms with Gasteiger partial charge in [0.05, 0.1) is 12.6 Å². The number of nitrogens with one attached hydrogen (secondary N) is 2. The Morgan fingerprint density at radius 3 is 2.94 bits per heavy atom. The zero-order valence-electron chi connectivity index (χ0n) is 10.2. The summed E-state index contributed by atoms with van der Waals surface area (Å²) in [6, 6.07) is -0.111. The fourth-order valence-corrected chi connectivity index (χ4v) is 1.93. The predicted octanol–water partition coefficient (Wildman–Crippen LogP) is -1.01. The molecule has 0 bridgehead atoms. The fourth-order valence-electron chi connectivity index (χ4n) is 1.93. The van der Waals surface area contributed by atoms with Crippen LogP contribution in [0.2, 0.25) is 0 Å². The molecule has 1 heterocycles. The fraction of sp³-hybridized carbons (Fsp3) is 0.818. The molecule has 2 unspecified atom stereocenters. The number of primary amides is 1. The van der Waals surface area contributed by atoms with Crippen molar-refractivity contribution in [3.05, 3.63) is 0 Å². The minimum Gasteiger partial charge on any atom is -0.370 e. The highest BCUT2D eigenvalue weighted by Gasteiger charge is 2.26. The summed E-state index contributed by atoms with van der Waals surface area (Å²) in [5.41, 5.74) is 4.91. The van der Waals surface area contributed by atoms with Gasteiger partial charge in [-0.05, 0) is 25.3 Å². The summed E-state index contributed by atoms with van der Waals surface area (Å²) in [6.45, 7) is 3.56. The molecular weight excluding hydrogens is 222 g/mol. The summed E-state index contributed by atoms with van der Waals surface area (Å²) in [4.78, 5) is 22.2. The smallest absolute Gasteiger partial charge is 0.243 e. The lowest BCUT2D eigenvalue weighted by Gasteiger charge is -2.28. The Labute approximate surface area is 101 Å². The number of nitrogens with two attached hydrogens (primary N) is 1. The average molecular weight is 243 g/mol. The molecule has 1 saturated heterocycles. The van der Waals surface area contributed by atoms with E-state index in [1.807, 2.05) is 0 Å². The first-order chi connectivity index (χ1) is 8.11. The number of hydrogen-bond acceptors (Lipinski definition) is 4. The molecule has 6 nitrogen and oxygen atoms in total. The number of hydrogen-bond donors (Lipinski definition) is 3. The van der Waals surface area contributed by atoms with Crippen molar-refractivity contribution < 1.29 is 14.3 Å². The Morgan fingerprint density at radius 2 is 2.29 bits per heavy atom. The molecule has 4 N–H and O–H groups in total. The molecule has 0 aromatic rings. The summed E-state index contributed by atoms with van der Waals surface area (Å²) < 4.78 is 4.95. The summed E-state index contributed by atoms with van der Waals surface area (Å²) in [5, 5.41) is 5.98. The van der Waals surface area contributed by atoms with Gasteiger partial charge in [0.15, 0.2) is 0 Å². The third-order valence-electron chi connectivity index (χ3n) is 2.84. The third-order valence-corrected chi connectivity index (χ3v) is 2.84. The van der Waals surface area contributed by atoms with Gasteiger partial charge < -0.3 is 21.1 Å². The van der Waals surface area contributed by atoms with Gasteiger partial charge in [-0.1, -0.05) is 6.92 Å².